The van der Waals surface area contributed by atoms with Crippen molar-refractivity contribution >= 4 is 17.1 Å². The van der Waals surface area contributed by atoms with E-state index >= 15 is 0 Å². The minimum absolute atomic E-state index is 0.0627. The molecule has 0 unspecified atom stereocenters. The van der Waals surface area contributed by atoms with Gasteiger partial charge in [0.1, 0.15) is 0 Å². The van der Waals surface area contributed by atoms with Crippen molar-refractivity contribution in [3.8, 4) is 66.8 Å². The highest BCUT2D eigenvalue weighted by atomic mass is 15.1. The van der Waals surface area contributed by atoms with Gasteiger partial charge in [0, 0.05) is 22.2 Å². The SMILES string of the molecule is CC1(C)c2ccccc2-c2cc(-c3ccccc3N(c3cccc(-c4ccccc4)c3)c3cccc(-c4ccccc4)c3-c3ccccc3-c3ccccc3)ccc21. The first-order valence-corrected chi connectivity index (χ1v) is 20.2. The molecular weight excluding hydrogens is 699 g/mol. The van der Waals surface area contributed by atoms with Gasteiger partial charge < -0.3 is 4.90 Å². The lowest BCUT2D eigenvalue weighted by Gasteiger charge is -2.32. The Morgan fingerprint density at radius 2 is 0.793 bits per heavy atom. The van der Waals surface area contributed by atoms with E-state index < -0.39 is 0 Å². The molecule has 0 aliphatic heterocycles. The zero-order chi connectivity index (χ0) is 39.1. The molecule has 0 spiro atoms. The van der Waals surface area contributed by atoms with Crippen molar-refractivity contribution in [3.05, 3.63) is 236 Å². The number of anilines is 3. The molecule has 0 aromatic heterocycles. The highest BCUT2D eigenvalue weighted by Gasteiger charge is 2.35. The molecule has 1 nitrogen and oxygen atoms in total. The zero-order valence-electron chi connectivity index (χ0n) is 32.8. The van der Waals surface area contributed by atoms with Crippen LogP contribution >= 0.6 is 0 Å². The molecule has 1 aliphatic rings. The minimum Gasteiger partial charge on any atom is -0.309 e. The first-order chi connectivity index (χ1) is 28.6. The molecule has 0 amide bonds. The van der Waals surface area contributed by atoms with Gasteiger partial charge in [-0.05, 0) is 97.1 Å². The standard InChI is InChI=1S/C57H43N/c1-57(2)52-33-16-14-30-49(52)51-39-44(36-37-53(51)57)47-29-15-17-34-54(47)58(45-27-18-26-43(38-45)40-20-6-3-7-21-40)55-35-19-32-48(42-24-10-5-11-25-42)56(55)50-31-13-12-28-46(50)41-22-8-4-9-23-41/h3-39H,1-2H3. The molecule has 1 aliphatic carbocycles. The smallest absolute Gasteiger partial charge is 0.0546 e. The number of hydrogen-bond acceptors (Lipinski definition) is 1. The molecule has 10 rings (SSSR count). The molecular formula is C57H43N. The Labute approximate surface area is 342 Å². The lowest BCUT2D eigenvalue weighted by molar-refractivity contribution is 0.660. The van der Waals surface area contributed by atoms with Crippen molar-refractivity contribution in [1.82, 2.24) is 0 Å². The van der Waals surface area contributed by atoms with Crippen LogP contribution in [0.5, 0.6) is 0 Å². The summed E-state index contributed by atoms with van der Waals surface area (Å²) in [6.07, 6.45) is 0. The van der Waals surface area contributed by atoms with Crippen LogP contribution < -0.4 is 4.90 Å². The average Bonchev–Trinajstić information content (AvgIpc) is 3.52. The maximum Gasteiger partial charge on any atom is 0.0546 e. The molecule has 0 N–H and O–H groups in total. The summed E-state index contributed by atoms with van der Waals surface area (Å²) in [5.41, 5.74) is 20.5. The van der Waals surface area contributed by atoms with E-state index in [2.05, 4.69) is 243 Å². The van der Waals surface area contributed by atoms with Gasteiger partial charge in [-0.15, -0.1) is 0 Å². The van der Waals surface area contributed by atoms with E-state index in [1.54, 1.807) is 0 Å². The second kappa shape index (κ2) is 14.7. The van der Waals surface area contributed by atoms with E-state index in [1.165, 1.54) is 77.9 Å². The predicted octanol–water partition coefficient (Wildman–Crippen LogP) is 15.8. The molecule has 0 atom stereocenters. The maximum atomic E-state index is 2.50. The summed E-state index contributed by atoms with van der Waals surface area (Å²) in [6, 6.07) is 81.9. The Kier molecular flexibility index (Phi) is 8.92. The van der Waals surface area contributed by atoms with Gasteiger partial charge in [0.25, 0.3) is 0 Å². The Bertz CT molecular complexity index is 2910. The van der Waals surface area contributed by atoms with Gasteiger partial charge >= 0.3 is 0 Å². The van der Waals surface area contributed by atoms with E-state index in [-0.39, 0.29) is 5.41 Å². The van der Waals surface area contributed by atoms with Crippen LogP contribution in [-0.4, -0.2) is 0 Å². The maximum absolute atomic E-state index is 2.50. The quantitative estimate of drug-likeness (QED) is 0.150. The normalized spacial score (nSPS) is 12.4. The number of para-hydroxylation sites is 1. The molecule has 276 valence electrons. The summed E-state index contributed by atoms with van der Waals surface area (Å²) < 4.78 is 0. The fourth-order valence-corrected chi connectivity index (χ4v) is 9.10. The Morgan fingerprint density at radius 1 is 0.293 bits per heavy atom. The second-order valence-corrected chi connectivity index (χ2v) is 15.7. The summed E-state index contributed by atoms with van der Waals surface area (Å²) in [5, 5.41) is 0. The third-order valence-corrected chi connectivity index (χ3v) is 11.9. The summed E-state index contributed by atoms with van der Waals surface area (Å²) in [4.78, 5) is 2.50. The second-order valence-electron chi connectivity index (χ2n) is 15.7. The third-order valence-electron chi connectivity index (χ3n) is 11.9. The average molecular weight is 742 g/mol. The molecule has 1 heteroatoms. The molecule has 9 aromatic rings. The summed E-state index contributed by atoms with van der Waals surface area (Å²) in [5.74, 6) is 0. The fraction of sp³-hybridized carbons (Fsp3) is 0.0526. The molecule has 0 bridgehead atoms. The summed E-state index contributed by atoms with van der Waals surface area (Å²) >= 11 is 0. The summed E-state index contributed by atoms with van der Waals surface area (Å²) in [7, 11) is 0. The Hall–Kier alpha value is -7.22. The van der Waals surface area contributed by atoms with Crippen molar-refractivity contribution in [2.24, 2.45) is 0 Å². The van der Waals surface area contributed by atoms with Gasteiger partial charge in [-0.25, -0.2) is 0 Å². The van der Waals surface area contributed by atoms with E-state index in [4.69, 9.17) is 0 Å². The lowest BCUT2D eigenvalue weighted by atomic mass is 9.82. The highest BCUT2D eigenvalue weighted by molar-refractivity contribution is 6.03. The molecule has 0 heterocycles. The lowest BCUT2D eigenvalue weighted by Crippen LogP contribution is -2.15. The Morgan fingerprint density at radius 3 is 1.52 bits per heavy atom. The van der Waals surface area contributed by atoms with Crippen LogP contribution in [0, 0.1) is 0 Å². The largest absolute Gasteiger partial charge is 0.309 e. The molecule has 0 fully saturated rings. The van der Waals surface area contributed by atoms with Gasteiger partial charge in [0.05, 0.1) is 11.4 Å². The first kappa shape index (κ1) is 35.2. The third kappa shape index (κ3) is 6.13. The summed E-state index contributed by atoms with van der Waals surface area (Å²) in [6.45, 7) is 4.70. The van der Waals surface area contributed by atoms with Crippen LogP contribution in [-0.2, 0) is 5.41 Å². The van der Waals surface area contributed by atoms with Crippen LogP contribution in [0.15, 0.2) is 224 Å². The van der Waals surface area contributed by atoms with E-state index in [1.807, 2.05) is 0 Å². The topological polar surface area (TPSA) is 3.24 Å². The van der Waals surface area contributed by atoms with Gasteiger partial charge in [0.15, 0.2) is 0 Å². The first-order valence-electron chi connectivity index (χ1n) is 20.2. The van der Waals surface area contributed by atoms with E-state index in [0.29, 0.717) is 0 Å². The van der Waals surface area contributed by atoms with Crippen LogP contribution in [0.25, 0.3) is 66.8 Å². The molecule has 0 radical (unpaired) electrons. The van der Waals surface area contributed by atoms with Crippen molar-refractivity contribution in [3.63, 3.8) is 0 Å². The predicted molar refractivity (Wildman–Crippen MR) is 246 cm³/mol. The molecule has 9 aromatic carbocycles. The number of benzene rings is 9. The van der Waals surface area contributed by atoms with Gasteiger partial charge in [-0.1, -0.05) is 208 Å². The van der Waals surface area contributed by atoms with Crippen molar-refractivity contribution in [1.29, 1.82) is 0 Å². The van der Waals surface area contributed by atoms with Crippen LogP contribution in [0.4, 0.5) is 17.1 Å². The number of nitrogens with zero attached hydrogens (tertiary/aromatic N) is 1. The van der Waals surface area contributed by atoms with Gasteiger partial charge in [0.2, 0.25) is 0 Å². The monoisotopic (exact) mass is 741 g/mol. The van der Waals surface area contributed by atoms with Crippen LogP contribution in [0.3, 0.4) is 0 Å². The van der Waals surface area contributed by atoms with E-state index in [9.17, 15) is 0 Å². The van der Waals surface area contributed by atoms with Crippen LogP contribution in [0.1, 0.15) is 25.0 Å². The number of rotatable bonds is 8. The molecule has 0 saturated heterocycles. The van der Waals surface area contributed by atoms with E-state index in [0.717, 1.165) is 17.1 Å². The van der Waals surface area contributed by atoms with Gasteiger partial charge in [-0.2, -0.15) is 0 Å². The zero-order valence-corrected chi connectivity index (χ0v) is 32.8. The Balaban J connectivity index is 1.26. The highest BCUT2D eigenvalue weighted by Crippen LogP contribution is 2.52. The fourth-order valence-electron chi connectivity index (χ4n) is 9.10. The minimum atomic E-state index is -0.0627. The molecule has 58 heavy (non-hydrogen) atoms. The molecule has 0 saturated carbocycles. The van der Waals surface area contributed by atoms with Crippen molar-refractivity contribution in [2.45, 2.75) is 19.3 Å². The number of hydrogen-bond donors (Lipinski definition) is 0. The number of fused-ring (bicyclic) bond motifs is 3. The van der Waals surface area contributed by atoms with Crippen LogP contribution in [0.2, 0.25) is 0 Å². The van der Waals surface area contributed by atoms with Crippen molar-refractivity contribution < 1.29 is 0 Å². The van der Waals surface area contributed by atoms with Gasteiger partial charge in [-0.3, -0.25) is 0 Å². The van der Waals surface area contributed by atoms with Crippen molar-refractivity contribution in [2.75, 3.05) is 4.90 Å².